The number of Topliss-reactive ketones (excluding diaryl/α,β-unsaturated/α-hetero) is 1. The van der Waals surface area contributed by atoms with Gasteiger partial charge in [-0.05, 0) is 51.9 Å². The third kappa shape index (κ3) is 4.32. The van der Waals surface area contributed by atoms with Crippen molar-refractivity contribution < 1.29 is 14.7 Å². The Kier molecular flexibility index (Phi) is 5.66. The van der Waals surface area contributed by atoms with E-state index in [1.165, 1.54) is 5.56 Å². The maximum absolute atomic E-state index is 12.4. The summed E-state index contributed by atoms with van der Waals surface area (Å²) in [5.41, 5.74) is 5.22. The molecule has 1 heterocycles. The number of carboxylic acid groups (broad SMARTS) is 1. The molecule has 4 nitrogen and oxygen atoms in total. The number of ketones is 1. The number of rotatable bonds is 5. The molecular formula is C27H24ClNO3. The molecule has 0 amide bonds. The van der Waals surface area contributed by atoms with E-state index >= 15 is 0 Å². The molecule has 32 heavy (non-hydrogen) atoms. The zero-order chi connectivity index (χ0) is 23.0. The van der Waals surface area contributed by atoms with Crippen molar-refractivity contribution >= 4 is 34.3 Å². The summed E-state index contributed by atoms with van der Waals surface area (Å²) in [6.07, 6.45) is 1.64. The summed E-state index contributed by atoms with van der Waals surface area (Å²) in [6, 6.07) is 21.6. The van der Waals surface area contributed by atoms with Crippen molar-refractivity contribution in [2.45, 2.75) is 32.7 Å². The van der Waals surface area contributed by atoms with Gasteiger partial charge < -0.3 is 9.67 Å². The first-order valence-corrected chi connectivity index (χ1v) is 10.8. The second-order valence-corrected chi connectivity index (χ2v) is 9.43. The molecule has 0 saturated carbocycles. The highest BCUT2D eigenvalue weighted by molar-refractivity contribution is 6.42. The first kappa shape index (κ1) is 21.8. The minimum absolute atomic E-state index is 0.0673. The standard InChI is InChI=1S/C27H24ClNO3/c1-27(2,3)20-9-4-17(5-10-20)15-29-16-23(25(30)26(31)32)22-14-19(8-13-24(22)29)18-6-11-21(28)12-7-18/h4-14,16H,15H2,1-3H3,(H,31,32). The van der Waals surface area contributed by atoms with Crippen molar-refractivity contribution in [2.75, 3.05) is 0 Å². The summed E-state index contributed by atoms with van der Waals surface area (Å²) < 4.78 is 1.93. The van der Waals surface area contributed by atoms with Crippen LogP contribution >= 0.6 is 11.6 Å². The molecule has 1 aromatic heterocycles. The number of halogens is 1. The molecule has 0 fully saturated rings. The normalized spacial score (nSPS) is 11.6. The number of hydrogen-bond donors (Lipinski definition) is 1. The van der Waals surface area contributed by atoms with Gasteiger partial charge in [-0.1, -0.05) is 74.8 Å². The molecule has 1 N–H and O–H groups in total. The highest BCUT2D eigenvalue weighted by atomic mass is 35.5. The van der Waals surface area contributed by atoms with E-state index in [-0.39, 0.29) is 11.0 Å². The fraction of sp³-hybridized carbons (Fsp3) is 0.185. The Balaban J connectivity index is 1.78. The molecule has 3 aromatic carbocycles. The number of aromatic nitrogens is 1. The van der Waals surface area contributed by atoms with Gasteiger partial charge in [0.15, 0.2) is 0 Å². The summed E-state index contributed by atoms with van der Waals surface area (Å²) >= 11 is 6.00. The zero-order valence-electron chi connectivity index (χ0n) is 18.2. The van der Waals surface area contributed by atoms with Crippen LogP contribution in [-0.4, -0.2) is 21.4 Å². The molecule has 4 aromatic rings. The minimum atomic E-state index is -1.46. The van der Waals surface area contributed by atoms with Gasteiger partial charge in [-0.25, -0.2) is 4.79 Å². The van der Waals surface area contributed by atoms with Crippen LogP contribution in [0.4, 0.5) is 0 Å². The monoisotopic (exact) mass is 445 g/mol. The van der Waals surface area contributed by atoms with E-state index in [1.54, 1.807) is 18.3 Å². The Labute approximate surface area is 192 Å². The lowest BCUT2D eigenvalue weighted by Crippen LogP contribution is -2.12. The average molecular weight is 446 g/mol. The van der Waals surface area contributed by atoms with Crippen molar-refractivity contribution in [3.63, 3.8) is 0 Å². The van der Waals surface area contributed by atoms with E-state index in [1.807, 2.05) is 34.9 Å². The molecule has 0 aliphatic heterocycles. The molecule has 4 rings (SSSR count). The van der Waals surface area contributed by atoms with Gasteiger partial charge in [0, 0.05) is 28.7 Å². The predicted octanol–water partition coefficient (Wildman–Crippen LogP) is 6.57. The quantitative estimate of drug-likeness (QED) is 0.279. The van der Waals surface area contributed by atoms with Crippen molar-refractivity contribution in [2.24, 2.45) is 0 Å². The summed E-state index contributed by atoms with van der Waals surface area (Å²) in [6.45, 7) is 7.05. The topological polar surface area (TPSA) is 59.3 Å². The smallest absolute Gasteiger partial charge is 0.377 e. The molecule has 0 aliphatic rings. The number of nitrogens with zero attached hydrogens (tertiary/aromatic N) is 1. The van der Waals surface area contributed by atoms with Crippen molar-refractivity contribution in [3.8, 4) is 11.1 Å². The second-order valence-electron chi connectivity index (χ2n) is 8.99. The molecule has 0 aliphatic carbocycles. The van der Waals surface area contributed by atoms with Gasteiger partial charge in [0.2, 0.25) is 0 Å². The van der Waals surface area contributed by atoms with Crippen LogP contribution in [0.5, 0.6) is 0 Å². The lowest BCUT2D eigenvalue weighted by Gasteiger charge is -2.19. The predicted molar refractivity (Wildman–Crippen MR) is 129 cm³/mol. The van der Waals surface area contributed by atoms with Crippen molar-refractivity contribution in [1.29, 1.82) is 0 Å². The molecule has 0 spiro atoms. The van der Waals surface area contributed by atoms with Crippen LogP contribution in [0.1, 0.15) is 42.3 Å². The Bertz CT molecular complexity index is 1310. The number of carboxylic acids is 1. The van der Waals surface area contributed by atoms with Gasteiger partial charge in [-0.3, -0.25) is 4.79 Å². The molecule has 0 atom stereocenters. The van der Waals surface area contributed by atoms with Crippen LogP contribution in [0.25, 0.3) is 22.0 Å². The number of aliphatic carboxylic acids is 1. The lowest BCUT2D eigenvalue weighted by molar-refractivity contribution is -0.131. The van der Waals surface area contributed by atoms with E-state index in [0.29, 0.717) is 17.0 Å². The molecule has 0 radical (unpaired) electrons. The lowest BCUT2D eigenvalue weighted by atomic mass is 9.87. The first-order chi connectivity index (χ1) is 15.1. The van der Waals surface area contributed by atoms with Crippen LogP contribution in [0.2, 0.25) is 5.02 Å². The first-order valence-electron chi connectivity index (χ1n) is 10.4. The van der Waals surface area contributed by atoms with Gasteiger partial charge in [0.05, 0.1) is 5.56 Å². The Morgan fingerprint density at radius 2 is 1.53 bits per heavy atom. The Morgan fingerprint density at radius 1 is 0.906 bits per heavy atom. The molecule has 162 valence electrons. The fourth-order valence-corrected chi connectivity index (χ4v) is 3.98. The minimum Gasteiger partial charge on any atom is -0.475 e. The number of hydrogen-bond acceptors (Lipinski definition) is 2. The van der Waals surface area contributed by atoms with E-state index < -0.39 is 11.8 Å². The van der Waals surface area contributed by atoms with Crippen LogP contribution in [0.3, 0.4) is 0 Å². The van der Waals surface area contributed by atoms with Gasteiger partial charge in [0.25, 0.3) is 5.78 Å². The van der Waals surface area contributed by atoms with Gasteiger partial charge >= 0.3 is 5.97 Å². The molecule has 0 saturated heterocycles. The third-order valence-corrected chi connectivity index (χ3v) is 5.92. The number of fused-ring (bicyclic) bond motifs is 1. The Hall–Kier alpha value is -3.37. The Morgan fingerprint density at radius 3 is 2.12 bits per heavy atom. The van der Waals surface area contributed by atoms with Crippen LogP contribution in [0, 0.1) is 0 Å². The fourth-order valence-electron chi connectivity index (χ4n) is 3.85. The largest absolute Gasteiger partial charge is 0.475 e. The van der Waals surface area contributed by atoms with E-state index in [2.05, 4.69) is 45.0 Å². The van der Waals surface area contributed by atoms with Gasteiger partial charge in [-0.2, -0.15) is 0 Å². The summed E-state index contributed by atoms with van der Waals surface area (Å²) in [5.74, 6) is -2.37. The van der Waals surface area contributed by atoms with E-state index in [9.17, 15) is 14.7 Å². The number of carbonyl (C=O) groups is 2. The van der Waals surface area contributed by atoms with Crippen LogP contribution in [0.15, 0.2) is 72.9 Å². The average Bonchev–Trinajstić information content (AvgIpc) is 3.11. The summed E-state index contributed by atoms with van der Waals surface area (Å²) in [5, 5.41) is 10.6. The SMILES string of the molecule is CC(C)(C)c1ccc(Cn2cc(C(=O)C(=O)O)c3cc(-c4ccc(Cl)cc4)ccc32)cc1. The maximum atomic E-state index is 12.4. The number of carbonyl (C=O) groups excluding carboxylic acids is 1. The highest BCUT2D eigenvalue weighted by Gasteiger charge is 2.21. The molecule has 0 bridgehead atoms. The second kappa shape index (κ2) is 8.29. The third-order valence-electron chi connectivity index (χ3n) is 5.67. The molecule has 5 heteroatoms. The van der Waals surface area contributed by atoms with E-state index in [4.69, 9.17) is 11.6 Å². The van der Waals surface area contributed by atoms with Gasteiger partial charge in [-0.15, -0.1) is 0 Å². The molecular weight excluding hydrogens is 422 g/mol. The maximum Gasteiger partial charge on any atom is 0.377 e. The van der Waals surface area contributed by atoms with E-state index in [0.717, 1.165) is 22.2 Å². The van der Waals surface area contributed by atoms with Crippen LogP contribution in [-0.2, 0) is 16.8 Å². The van der Waals surface area contributed by atoms with Crippen LogP contribution < -0.4 is 0 Å². The van der Waals surface area contributed by atoms with Crippen molar-refractivity contribution in [3.05, 3.63) is 94.6 Å². The highest BCUT2D eigenvalue weighted by Crippen LogP contribution is 2.30. The molecule has 0 unspecified atom stereocenters. The zero-order valence-corrected chi connectivity index (χ0v) is 19.0. The van der Waals surface area contributed by atoms with Crippen molar-refractivity contribution in [1.82, 2.24) is 4.57 Å². The number of benzene rings is 3. The summed E-state index contributed by atoms with van der Waals surface area (Å²) in [7, 11) is 0. The van der Waals surface area contributed by atoms with Gasteiger partial charge in [0.1, 0.15) is 0 Å². The summed E-state index contributed by atoms with van der Waals surface area (Å²) in [4.78, 5) is 23.9.